The predicted molar refractivity (Wildman–Crippen MR) is 144 cm³/mol. The van der Waals surface area contributed by atoms with Crippen molar-refractivity contribution in [2.24, 2.45) is 0 Å². The lowest BCUT2D eigenvalue weighted by Gasteiger charge is -2.20. The number of carbonyl (C=O) groups excluding carboxylic acids is 2. The number of sulfonamides is 1. The molecule has 3 aromatic rings. The molecule has 0 aliphatic rings. The van der Waals surface area contributed by atoms with Crippen LogP contribution in [0, 0.1) is 6.92 Å². The van der Waals surface area contributed by atoms with Gasteiger partial charge in [-0.3, -0.25) is 9.10 Å². The molecule has 0 saturated carbocycles. The molecular weight excluding hydrogens is 494 g/mol. The van der Waals surface area contributed by atoms with Crippen LogP contribution in [0.2, 0.25) is 0 Å². The first-order chi connectivity index (χ1) is 17.6. The molecule has 0 spiro atoms. The highest BCUT2D eigenvalue weighted by Gasteiger charge is 2.21. The maximum atomic E-state index is 12.9. The van der Waals surface area contributed by atoms with Crippen LogP contribution in [-0.4, -0.2) is 47.1 Å². The van der Waals surface area contributed by atoms with E-state index >= 15 is 0 Å². The molecule has 3 rings (SSSR count). The summed E-state index contributed by atoms with van der Waals surface area (Å²) in [7, 11) is -2.24. The third-order valence-corrected chi connectivity index (χ3v) is 7.22. The highest BCUT2D eigenvalue weighted by Crippen LogP contribution is 2.26. The third kappa shape index (κ3) is 7.01. The predicted octanol–water partition coefficient (Wildman–Crippen LogP) is 4.45. The van der Waals surface area contributed by atoms with Gasteiger partial charge in [0.05, 0.1) is 34.1 Å². The van der Waals surface area contributed by atoms with Crippen molar-refractivity contribution < 1.29 is 27.5 Å². The highest BCUT2D eigenvalue weighted by molar-refractivity contribution is 7.92. The molecule has 2 N–H and O–H groups in total. The standard InChI is InChI=1S/C27H31N3O6S/c1-5-28-24-16-9-20(27(32)35-6-2)17-25(24)29-26(31)18-36-22-12-10-21(11-13-22)30(4)37(33,34)23-14-7-19(3)8-15-23/h7-17,28H,5-6,18H2,1-4H3,(H,29,31). The van der Waals surface area contributed by atoms with Crippen molar-refractivity contribution >= 4 is 39.0 Å². The van der Waals surface area contributed by atoms with Gasteiger partial charge >= 0.3 is 5.97 Å². The Morgan fingerprint density at radius 3 is 2.22 bits per heavy atom. The molecule has 0 aliphatic heterocycles. The number of amides is 1. The lowest BCUT2D eigenvalue weighted by Crippen LogP contribution is -2.26. The van der Waals surface area contributed by atoms with Crippen molar-refractivity contribution in [2.75, 3.05) is 41.7 Å². The maximum Gasteiger partial charge on any atom is 0.338 e. The molecule has 196 valence electrons. The summed E-state index contributed by atoms with van der Waals surface area (Å²) < 4.78 is 37.6. The quantitative estimate of drug-likeness (QED) is 0.356. The van der Waals surface area contributed by atoms with Gasteiger partial charge in [-0.15, -0.1) is 0 Å². The van der Waals surface area contributed by atoms with Gasteiger partial charge in [-0.2, -0.15) is 0 Å². The van der Waals surface area contributed by atoms with Gasteiger partial charge in [-0.25, -0.2) is 13.2 Å². The number of hydrogen-bond donors (Lipinski definition) is 2. The first-order valence-electron chi connectivity index (χ1n) is 11.8. The Hall–Kier alpha value is -4.05. The van der Waals surface area contributed by atoms with Crippen LogP contribution in [-0.2, 0) is 19.6 Å². The minimum absolute atomic E-state index is 0.196. The molecule has 10 heteroatoms. The van der Waals surface area contributed by atoms with E-state index in [2.05, 4.69) is 10.6 Å². The molecule has 0 unspecified atom stereocenters. The van der Waals surface area contributed by atoms with Gasteiger partial charge in [0.25, 0.3) is 15.9 Å². The van der Waals surface area contributed by atoms with Crippen LogP contribution in [0.25, 0.3) is 0 Å². The lowest BCUT2D eigenvalue weighted by molar-refractivity contribution is -0.118. The van der Waals surface area contributed by atoms with Gasteiger partial charge in [0.15, 0.2) is 6.61 Å². The Balaban J connectivity index is 1.64. The van der Waals surface area contributed by atoms with Crippen LogP contribution in [0.1, 0.15) is 29.8 Å². The van der Waals surface area contributed by atoms with Crippen LogP contribution in [0.5, 0.6) is 5.75 Å². The molecular formula is C27H31N3O6S. The van der Waals surface area contributed by atoms with Crippen molar-refractivity contribution in [3.05, 3.63) is 77.9 Å². The summed E-state index contributed by atoms with van der Waals surface area (Å²) in [5.41, 5.74) is 2.82. The Bertz CT molecular complexity index is 1340. The fraction of sp³-hybridized carbons (Fsp3) is 0.259. The number of nitrogens with zero attached hydrogens (tertiary/aromatic N) is 1. The maximum absolute atomic E-state index is 12.9. The van der Waals surface area contributed by atoms with E-state index in [1.807, 2.05) is 13.8 Å². The summed E-state index contributed by atoms with van der Waals surface area (Å²) in [4.78, 5) is 24.8. The number of benzene rings is 3. The molecule has 0 atom stereocenters. The molecule has 0 radical (unpaired) electrons. The van der Waals surface area contributed by atoms with E-state index < -0.39 is 21.9 Å². The SMILES string of the molecule is CCNc1ccc(C(=O)OCC)cc1NC(=O)COc1ccc(N(C)S(=O)(=O)c2ccc(C)cc2)cc1. The van der Waals surface area contributed by atoms with Gasteiger partial charge in [0, 0.05) is 13.6 Å². The average molecular weight is 526 g/mol. The second-order valence-electron chi connectivity index (χ2n) is 8.13. The molecule has 0 saturated heterocycles. The van der Waals surface area contributed by atoms with E-state index in [0.717, 1.165) is 5.56 Å². The van der Waals surface area contributed by atoms with E-state index in [4.69, 9.17) is 9.47 Å². The molecule has 1 amide bonds. The van der Waals surface area contributed by atoms with E-state index in [-0.39, 0.29) is 18.1 Å². The number of anilines is 3. The second-order valence-corrected chi connectivity index (χ2v) is 10.1. The van der Waals surface area contributed by atoms with Gasteiger partial charge in [0.1, 0.15) is 5.75 Å². The largest absolute Gasteiger partial charge is 0.484 e. The fourth-order valence-corrected chi connectivity index (χ4v) is 4.62. The number of ether oxygens (including phenoxy) is 2. The molecule has 3 aromatic carbocycles. The summed E-state index contributed by atoms with van der Waals surface area (Å²) in [6.45, 7) is 6.11. The summed E-state index contributed by atoms with van der Waals surface area (Å²) in [5.74, 6) is -0.512. The minimum Gasteiger partial charge on any atom is -0.484 e. The van der Waals surface area contributed by atoms with Gasteiger partial charge in [-0.05, 0) is 75.4 Å². The van der Waals surface area contributed by atoms with Gasteiger partial charge in [0.2, 0.25) is 0 Å². The van der Waals surface area contributed by atoms with E-state index in [1.54, 1.807) is 73.7 Å². The van der Waals surface area contributed by atoms with Gasteiger partial charge in [-0.1, -0.05) is 17.7 Å². The van der Waals surface area contributed by atoms with Crippen molar-refractivity contribution in [1.29, 1.82) is 0 Å². The Morgan fingerprint density at radius 1 is 0.919 bits per heavy atom. The van der Waals surface area contributed by atoms with Gasteiger partial charge < -0.3 is 20.1 Å². The fourth-order valence-electron chi connectivity index (χ4n) is 3.43. The summed E-state index contributed by atoms with van der Waals surface area (Å²) >= 11 is 0. The zero-order valence-electron chi connectivity index (χ0n) is 21.3. The normalized spacial score (nSPS) is 10.9. The molecule has 0 bridgehead atoms. The van der Waals surface area contributed by atoms with Crippen LogP contribution >= 0.6 is 0 Å². The van der Waals surface area contributed by atoms with E-state index in [0.29, 0.717) is 34.9 Å². The monoisotopic (exact) mass is 525 g/mol. The summed E-state index contributed by atoms with van der Waals surface area (Å²) in [6.07, 6.45) is 0. The van der Waals surface area contributed by atoms with Crippen molar-refractivity contribution in [3.63, 3.8) is 0 Å². The van der Waals surface area contributed by atoms with E-state index in [1.165, 1.54) is 11.4 Å². The zero-order chi connectivity index (χ0) is 27.0. The van der Waals surface area contributed by atoms with Crippen LogP contribution < -0.4 is 19.7 Å². The number of hydrogen-bond acceptors (Lipinski definition) is 7. The Kier molecular flexibility index (Phi) is 9.13. The van der Waals surface area contributed by atoms with E-state index in [9.17, 15) is 18.0 Å². The van der Waals surface area contributed by atoms with Crippen molar-refractivity contribution in [2.45, 2.75) is 25.7 Å². The van der Waals surface area contributed by atoms with Crippen LogP contribution in [0.3, 0.4) is 0 Å². The number of nitrogens with one attached hydrogen (secondary N) is 2. The van der Waals surface area contributed by atoms with Crippen molar-refractivity contribution in [3.8, 4) is 5.75 Å². The second kappa shape index (κ2) is 12.3. The average Bonchev–Trinajstić information content (AvgIpc) is 2.89. The molecule has 0 aliphatic carbocycles. The van der Waals surface area contributed by atoms with Crippen LogP contribution in [0.4, 0.5) is 17.1 Å². The topological polar surface area (TPSA) is 114 Å². The lowest BCUT2D eigenvalue weighted by atomic mass is 10.1. The summed E-state index contributed by atoms with van der Waals surface area (Å²) in [6, 6.07) is 17.9. The number of rotatable bonds is 11. The molecule has 9 nitrogen and oxygen atoms in total. The number of aryl methyl sites for hydroxylation is 1. The smallest absolute Gasteiger partial charge is 0.338 e. The van der Waals surface area contributed by atoms with Crippen molar-refractivity contribution in [1.82, 2.24) is 0 Å². The number of esters is 1. The zero-order valence-corrected chi connectivity index (χ0v) is 22.1. The van der Waals surface area contributed by atoms with Crippen LogP contribution in [0.15, 0.2) is 71.6 Å². The minimum atomic E-state index is -3.71. The third-order valence-electron chi connectivity index (χ3n) is 5.42. The Labute approximate surface area is 217 Å². The number of carbonyl (C=O) groups is 2. The molecule has 0 heterocycles. The first-order valence-corrected chi connectivity index (χ1v) is 13.2. The highest BCUT2D eigenvalue weighted by atomic mass is 32.2. The summed E-state index contributed by atoms with van der Waals surface area (Å²) in [5, 5.41) is 5.89. The Morgan fingerprint density at radius 2 is 1.59 bits per heavy atom. The molecule has 0 fully saturated rings. The molecule has 37 heavy (non-hydrogen) atoms. The molecule has 0 aromatic heterocycles. The first kappa shape index (κ1) is 27.5.